The van der Waals surface area contributed by atoms with Gasteiger partial charge in [-0.25, -0.2) is 4.79 Å². The van der Waals surface area contributed by atoms with Crippen molar-refractivity contribution >= 4 is 12.0 Å². The summed E-state index contributed by atoms with van der Waals surface area (Å²) < 4.78 is 4.44. The first-order chi connectivity index (χ1) is 6.15. The fraction of sp³-hybridized carbons (Fsp3) is 0.750. The summed E-state index contributed by atoms with van der Waals surface area (Å²) in [5, 5.41) is 2.60. The first-order valence-electron chi connectivity index (χ1n) is 4.29. The molecule has 1 saturated carbocycles. The van der Waals surface area contributed by atoms with Crippen LogP contribution in [-0.4, -0.2) is 25.2 Å². The molecule has 3 N–H and O–H groups in total. The number of amides is 2. The summed E-state index contributed by atoms with van der Waals surface area (Å²) in [6.45, 7) is 0. The van der Waals surface area contributed by atoms with Crippen LogP contribution in [0, 0.1) is 5.92 Å². The van der Waals surface area contributed by atoms with Crippen molar-refractivity contribution in [1.82, 2.24) is 5.32 Å². The van der Waals surface area contributed by atoms with Crippen molar-refractivity contribution in [3.05, 3.63) is 0 Å². The molecule has 1 rings (SSSR count). The minimum Gasteiger partial charge on any atom is -0.453 e. The summed E-state index contributed by atoms with van der Waals surface area (Å²) in [7, 11) is 1.30. The molecule has 0 aromatic carbocycles. The highest BCUT2D eigenvalue weighted by molar-refractivity contribution is 5.79. The predicted molar refractivity (Wildman–Crippen MR) is 45.9 cm³/mol. The van der Waals surface area contributed by atoms with Crippen LogP contribution in [0.25, 0.3) is 0 Å². The number of methoxy groups -OCH3 is 1. The van der Waals surface area contributed by atoms with E-state index in [0.717, 1.165) is 19.3 Å². The lowest BCUT2D eigenvalue weighted by Crippen LogP contribution is -2.42. The molecule has 0 aliphatic heterocycles. The lowest BCUT2D eigenvalue weighted by Gasteiger charge is -2.16. The van der Waals surface area contributed by atoms with Gasteiger partial charge in [0.15, 0.2) is 0 Å². The molecule has 0 unspecified atom stereocenters. The third kappa shape index (κ3) is 2.34. The number of nitrogens with two attached hydrogens (primary N) is 1. The Labute approximate surface area is 76.6 Å². The Balaban J connectivity index is 2.48. The zero-order valence-corrected chi connectivity index (χ0v) is 7.58. The third-order valence-corrected chi connectivity index (χ3v) is 2.37. The summed E-state index contributed by atoms with van der Waals surface area (Å²) in [5.74, 6) is -0.585. The van der Waals surface area contributed by atoms with Gasteiger partial charge in [0.1, 0.15) is 0 Å². The Bertz CT molecular complexity index is 217. The average molecular weight is 186 g/mol. The molecule has 0 spiro atoms. The second kappa shape index (κ2) is 4.11. The van der Waals surface area contributed by atoms with Crippen molar-refractivity contribution in [2.75, 3.05) is 7.11 Å². The number of carbonyl (C=O) groups excluding carboxylic acids is 2. The predicted octanol–water partition coefficient (Wildman–Crippen LogP) is -0.00360. The Kier molecular flexibility index (Phi) is 3.11. The molecule has 2 amide bonds. The minimum atomic E-state index is -0.502. The van der Waals surface area contributed by atoms with Crippen LogP contribution >= 0.6 is 0 Å². The molecular formula is C8H14N2O3. The fourth-order valence-electron chi connectivity index (χ4n) is 1.68. The lowest BCUT2D eigenvalue weighted by atomic mass is 10.0. The third-order valence-electron chi connectivity index (χ3n) is 2.37. The molecule has 0 radical (unpaired) electrons. The van der Waals surface area contributed by atoms with E-state index in [1.165, 1.54) is 7.11 Å². The molecule has 0 aromatic heterocycles. The van der Waals surface area contributed by atoms with E-state index in [1.54, 1.807) is 0 Å². The number of alkyl carbamates (subject to hydrolysis) is 1. The van der Waals surface area contributed by atoms with Crippen molar-refractivity contribution < 1.29 is 14.3 Å². The molecule has 74 valence electrons. The van der Waals surface area contributed by atoms with Gasteiger partial charge < -0.3 is 15.8 Å². The molecule has 2 atom stereocenters. The fourth-order valence-corrected chi connectivity index (χ4v) is 1.68. The van der Waals surface area contributed by atoms with Gasteiger partial charge in [-0.2, -0.15) is 0 Å². The topological polar surface area (TPSA) is 81.4 Å². The van der Waals surface area contributed by atoms with Gasteiger partial charge in [0.25, 0.3) is 0 Å². The standard InChI is InChI=1S/C8H14N2O3/c1-13-8(12)10-6-4-2-3-5(6)7(9)11/h5-6H,2-4H2,1H3,(H2,9,11)(H,10,12)/t5-,6-/m0/s1. The Morgan fingerprint density at radius 1 is 1.46 bits per heavy atom. The van der Waals surface area contributed by atoms with E-state index < -0.39 is 6.09 Å². The highest BCUT2D eigenvalue weighted by Gasteiger charge is 2.32. The minimum absolute atomic E-state index is 0.148. The molecule has 5 nitrogen and oxygen atoms in total. The number of ether oxygens (including phenoxy) is 1. The van der Waals surface area contributed by atoms with Crippen LogP contribution < -0.4 is 11.1 Å². The van der Waals surface area contributed by atoms with E-state index in [1.807, 2.05) is 0 Å². The Morgan fingerprint density at radius 2 is 2.15 bits per heavy atom. The van der Waals surface area contributed by atoms with Crippen molar-refractivity contribution in [1.29, 1.82) is 0 Å². The normalized spacial score (nSPS) is 26.8. The highest BCUT2D eigenvalue weighted by atomic mass is 16.5. The first-order valence-corrected chi connectivity index (χ1v) is 4.29. The number of carbonyl (C=O) groups is 2. The molecule has 5 heteroatoms. The summed E-state index contributed by atoms with van der Waals surface area (Å²) in [6.07, 6.45) is 1.97. The van der Waals surface area contributed by atoms with E-state index in [0.29, 0.717) is 0 Å². The maximum atomic E-state index is 10.9. The summed E-state index contributed by atoms with van der Waals surface area (Å²) in [4.78, 5) is 21.8. The Hall–Kier alpha value is -1.26. The number of rotatable bonds is 2. The van der Waals surface area contributed by atoms with Crippen LogP contribution in [-0.2, 0) is 9.53 Å². The number of hydrogen-bond acceptors (Lipinski definition) is 3. The van der Waals surface area contributed by atoms with Crippen molar-refractivity contribution in [3.63, 3.8) is 0 Å². The van der Waals surface area contributed by atoms with Crippen molar-refractivity contribution in [3.8, 4) is 0 Å². The highest BCUT2D eigenvalue weighted by Crippen LogP contribution is 2.25. The molecule has 1 aliphatic carbocycles. The van der Waals surface area contributed by atoms with E-state index in [9.17, 15) is 9.59 Å². The maximum Gasteiger partial charge on any atom is 0.407 e. The van der Waals surface area contributed by atoms with Gasteiger partial charge in [-0.3, -0.25) is 4.79 Å². The average Bonchev–Trinajstić information content (AvgIpc) is 2.52. The molecular weight excluding hydrogens is 172 g/mol. The van der Waals surface area contributed by atoms with Crippen LogP contribution in [0.5, 0.6) is 0 Å². The number of primary amides is 1. The molecule has 0 aromatic rings. The number of hydrogen-bond donors (Lipinski definition) is 2. The number of nitrogens with one attached hydrogen (secondary N) is 1. The first kappa shape index (κ1) is 9.83. The molecule has 1 fully saturated rings. The largest absolute Gasteiger partial charge is 0.453 e. The lowest BCUT2D eigenvalue weighted by molar-refractivity contribution is -0.122. The van der Waals surface area contributed by atoms with E-state index in [2.05, 4.69) is 10.1 Å². The smallest absolute Gasteiger partial charge is 0.407 e. The molecule has 0 heterocycles. The summed E-state index contributed by atoms with van der Waals surface area (Å²) >= 11 is 0. The van der Waals surface area contributed by atoms with Crippen LogP contribution in [0.15, 0.2) is 0 Å². The second-order valence-corrected chi connectivity index (χ2v) is 3.18. The van der Waals surface area contributed by atoms with Gasteiger partial charge in [0.2, 0.25) is 5.91 Å². The van der Waals surface area contributed by atoms with Gasteiger partial charge in [-0.15, -0.1) is 0 Å². The van der Waals surface area contributed by atoms with Gasteiger partial charge in [-0.1, -0.05) is 6.42 Å². The van der Waals surface area contributed by atoms with E-state index >= 15 is 0 Å². The monoisotopic (exact) mass is 186 g/mol. The molecule has 1 aliphatic rings. The second-order valence-electron chi connectivity index (χ2n) is 3.18. The molecule has 13 heavy (non-hydrogen) atoms. The van der Waals surface area contributed by atoms with Gasteiger partial charge >= 0.3 is 6.09 Å². The van der Waals surface area contributed by atoms with Crippen LogP contribution in [0.4, 0.5) is 4.79 Å². The zero-order chi connectivity index (χ0) is 9.84. The van der Waals surface area contributed by atoms with Crippen molar-refractivity contribution in [2.24, 2.45) is 11.7 Å². The van der Waals surface area contributed by atoms with Crippen LogP contribution in [0.1, 0.15) is 19.3 Å². The van der Waals surface area contributed by atoms with Gasteiger partial charge in [-0.05, 0) is 12.8 Å². The Morgan fingerprint density at radius 3 is 2.69 bits per heavy atom. The summed E-state index contributed by atoms with van der Waals surface area (Å²) in [6, 6.07) is -0.148. The quantitative estimate of drug-likeness (QED) is 0.636. The molecule has 0 saturated heterocycles. The zero-order valence-electron chi connectivity index (χ0n) is 7.58. The molecule has 0 bridgehead atoms. The van der Waals surface area contributed by atoms with Gasteiger partial charge in [0.05, 0.1) is 13.0 Å². The van der Waals surface area contributed by atoms with Crippen LogP contribution in [0.3, 0.4) is 0 Å². The van der Waals surface area contributed by atoms with E-state index in [-0.39, 0.29) is 17.9 Å². The van der Waals surface area contributed by atoms with Crippen LogP contribution in [0.2, 0.25) is 0 Å². The SMILES string of the molecule is COC(=O)N[C@H]1CCC[C@@H]1C(N)=O. The summed E-state index contributed by atoms with van der Waals surface area (Å²) in [5.41, 5.74) is 5.17. The maximum absolute atomic E-state index is 10.9. The van der Waals surface area contributed by atoms with E-state index in [4.69, 9.17) is 5.73 Å². The van der Waals surface area contributed by atoms with Gasteiger partial charge in [0, 0.05) is 6.04 Å². The van der Waals surface area contributed by atoms with Crippen molar-refractivity contribution in [2.45, 2.75) is 25.3 Å².